The Morgan fingerprint density at radius 2 is 2.00 bits per heavy atom. The Morgan fingerprint density at radius 3 is 2.67 bits per heavy atom. The molecule has 1 N–H and O–H groups in total. The molecule has 0 fully saturated rings. The second-order valence-corrected chi connectivity index (χ2v) is 4.46. The first-order valence-electron chi connectivity index (χ1n) is 6.13. The van der Waals surface area contributed by atoms with E-state index in [1.165, 1.54) is 24.3 Å². The molecule has 2 aromatic rings. The maximum absolute atomic E-state index is 12.1. The average molecular weight is 284 g/mol. The zero-order valence-electron chi connectivity index (χ0n) is 11.2. The summed E-state index contributed by atoms with van der Waals surface area (Å²) in [6.45, 7) is 1.60. The van der Waals surface area contributed by atoms with Crippen LogP contribution in [0.1, 0.15) is 26.3 Å². The van der Waals surface area contributed by atoms with Gasteiger partial charge in [0.1, 0.15) is 6.29 Å². The smallest absolute Gasteiger partial charge is 0.273 e. The largest absolute Gasteiger partial charge is 0.322 e. The maximum Gasteiger partial charge on any atom is 0.273 e. The van der Waals surface area contributed by atoms with Crippen LogP contribution < -0.4 is 5.32 Å². The molecule has 6 heteroatoms. The summed E-state index contributed by atoms with van der Waals surface area (Å²) < 4.78 is 0. The molecule has 0 aliphatic heterocycles. The summed E-state index contributed by atoms with van der Waals surface area (Å²) in [6, 6.07) is 10.7. The highest BCUT2D eigenvalue weighted by Gasteiger charge is 2.15. The van der Waals surface area contributed by atoms with Gasteiger partial charge in [0.15, 0.2) is 0 Å². The van der Waals surface area contributed by atoms with Crippen molar-refractivity contribution in [2.75, 3.05) is 5.32 Å². The van der Waals surface area contributed by atoms with Gasteiger partial charge in [0.25, 0.3) is 11.6 Å². The molecule has 0 saturated heterocycles. The number of aryl methyl sites for hydroxylation is 1. The number of amides is 1. The number of nitro groups is 1. The zero-order chi connectivity index (χ0) is 15.4. The number of hydrogen-bond donors (Lipinski definition) is 1. The normalized spacial score (nSPS) is 9.95. The first-order chi connectivity index (χ1) is 10.0. The Balaban J connectivity index is 2.26. The van der Waals surface area contributed by atoms with Gasteiger partial charge in [-0.05, 0) is 25.1 Å². The summed E-state index contributed by atoms with van der Waals surface area (Å²) in [5.41, 5.74) is 1.45. The van der Waals surface area contributed by atoms with Gasteiger partial charge in [0.05, 0.1) is 4.92 Å². The van der Waals surface area contributed by atoms with Crippen molar-refractivity contribution in [2.45, 2.75) is 6.92 Å². The molecule has 0 saturated carbocycles. The molecule has 0 atom stereocenters. The van der Waals surface area contributed by atoms with Crippen molar-refractivity contribution in [1.82, 2.24) is 0 Å². The van der Waals surface area contributed by atoms with Crippen molar-refractivity contribution in [3.63, 3.8) is 0 Å². The predicted molar refractivity (Wildman–Crippen MR) is 77.6 cm³/mol. The van der Waals surface area contributed by atoms with E-state index >= 15 is 0 Å². The first-order valence-corrected chi connectivity index (χ1v) is 6.13. The van der Waals surface area contributed by atoms with Crippen LogP contribution in [0.4, 0.5) is 11.4 Å². The third kappa shape index (κ3) is 3.30. The fourth-order valence-electron chi connectivity index (χ4n) is 1.84. The van der Waals surface area contributed by atoms with E-state index in [9.17, 15) is 19.7 Å². The SMILES string of the molecule is Cc1ccc(C(=O)Nc2cccc(C=O)c2)cc1[N+](=O)[O-]. The summed E-state index contributed by atoms with van der Waals surface area (Å²) in [5.74, 6) is -0.471. The lowest BCUT2D eigenvalue weighted by atomic mass is 10.1. The van der Waals surface area contributed by atoms with Gasteiger partial charge in [-0.25, -0.2) is 0 Å². The molecule has 0 aromatic heterocycles. The number of nitrogens with one attached hydrogen (secondary N) is 1. The lowest BCUT2D eigenvalue weighted by Crippen LogP contribution is -2.12. The lowest BCUT2D eigenvalue weighted by Gasteiger charge is -2.06. The summed E-state index contributed by atoms with van der Waals surface area (Å²) >= 11 is 0. The molecule has 0 unspecified atom stereocenters. The molecular weight excluding hydrogens is 272 g/mol. The van der Waals surface area contributed by atoms with Gasteiger partial charge in [0, 0.05) is 28.4 Å². The second kappa shape index (κ2) is 5.96. The molecule has 21 heavy (non-hydrogen) atoms. The minimum Gasteiger partial charge on any atom is -0.322 e. The molecule has 2 aromatic carbocycles. The molecule has 0 aliphatic rings. The third-order valence-corrected chi connectivity index (χ3v) is 2.95. The molecule has 0 heterocycles. The minimum atomic E-state index is -0.529. The monoisotopic (exact) mass is 284 g/mol. The van der Waals surface area contributed by atoms with Gasteiger partial charge >= 0.3 is 0 Å². The van der Waals surface area contributed by atoms with E-state index in [2.05, 4.69) is 5.32 Å². The van der Waals surface area contributed by atoms with E-state index in [1.807, 2.05) is 0 Å². The molecule has 0 spiro atoms. The van der Waals surface area contributed by atoms with E-state index < -0.39 is 10.8 Å². The highest BCUT2D eigenvalue weighted by atomic mass is 16.6. The molecule has 1 amide bonds. The summed E-state index contributed by atoms with van der Waals surface area (Å²) in [7, 11) is 0. The minimum absolute atomic E-state index is 0.107. The van der Waals surface area contributed by atoms with Crippen LogP contribution in [0.2, 0.25) is 0 Å². The van der Waals surface area contributed by atoms with Crippen molar-refractivity contribution < 1.29 is 14.5 Å². The van der Waals surface area contributed by atoms with Crippen LogP contribution in [-0.4, -0.2) is 17.1 Å². The van der Waals surface area contributed by atoms with Gasteiger partial charge < -0.3 is 5.32 Å². The van der Waals surface area contributed by atoms with Crippen LogP contribution in [0.5, 0.6) is 0 Å². The van der Waals surface area contributed by atoms with Crippen LogP contribution in [0.15, 0.2) is 42.5 Å². The molecule has 0 bridgehead atoms. The summed E-state index contributed by atoms with van der Waals surface area (Å²) in [4.78, 5) is 33.1. The summed E-state index contributed by atoms with van der Waals surface area (Å²) in [5, 5.41) is 13.5. The van der Waals surface area contributed by atoms with Gasteiger partial charge in [-0.15, -0.1) is 0 Å². The average Bonchev–Trinajstić information content (AvgIpc) is 2.47. The van der Waals surface area contributed by atoms with Crippen LogP contribution in [0, 0.1) is 17.0 Å². The van der Waals surface area contributed by atoms with Crippen molar-refractivity contribution in [3.05, 3.63) is 69.3 Å². The van der Waals surface area contributed by atoms with Crippen molar-refractivity contribution >= 4 is 23.6 Å². The molecule has 6 nitrogen and oxygen atoms in total. The Kier molecular flexibility index (Phi) is 4.08. The Bertz CT molecular complexity index is 725. The summed E-state index contributed by atoms with van der Waals surface area (Å²) in [6.07, 6.45) is 0.673. The topological polar surface area (TPSA) is 89.3 Å². The van der Waals surface area contributed by atoms with Crippen molar-refractivity contribution in [2.24, 2.45) is 0 Å². The van der Waals surface area contributed by atoms with Gasteiger partial charge in [-0.1, -0.05) is 18.2 Å². The number of rotatable bonds is 4. The van der Waals surface area contributed by atoms with Crippen LogP contribution in [-0.2, 0) is 0 Å². The van der Waals surface area contributed by atoms with Gasteiger partial charge in [-0.3, -0.25) is 19.7 Å². The van der Waals surface area contributed by atoms with Gasteiger partial charge in [-0.2, -0.15) is 0 Å². The molecule has 106 valence electrons. The number of nitrogens with zero attached hydrogens (tertiary/aromatic N) is 1. The first kappa shape index (κ1) is 14.4. The number of carbonyl (C=O) groups is 2. The van der Waals surface area contributed by atoms with Crippen molar-refractivity contribution in [3.8, 4) is 0 Å². The van der Waals surface area contributed by atoms with E-state index in [-0.39, 0.29) is 11.3 Å². The Morgan fingerprint density at radius 1 is 1.24 bits per heavy atom. The highest BCUT2D eigenvalue weighted by molar-refractivity contribution is 6.05. The third-order valence-electron chi connectivity index (χ3n) is 2.95. The fraction of sp³-hybridized carbons (Fsp3) is 0.0667. The van der Waals surface area contributed by atoms with E-state index in [0.29, 0.717) is 23.1 Å². The number of hydrogen-bond acceptors (Lipinski definition) is 4. The predicted octanol–water partition coefficient (Wildman–Crippen LogP) is 2.97. The molecular formula is C15H12N2O4. The van der Waals surface area contributed by atoms with E-state index in [4.69, 9.17) is 0 Å². The fourth-order valence-corrected chi connectivity index (χ4v) is 1.84. The lowest BCUT2D eigenvalue weighted by molar-refractivity contribution is -0.385. The van der Waals surface area contributed by atoms with E-state index in [0.717, 1.165) is 0 Å². The van der Waals surface area contributed by atoms with E-state index in [1.54, 1.807) is 25.1 Å². The zero-order valence-corrected chi connectivity index (χ0v) is 11.2. The Hall–Kier alpha value is -3.02. The van der Waals surface area contributed by atoms with Crippen LogP contribution in [0.3, 0.4) is 0 Å². The Labute approximate surface area is 120 Å². The number of carbonyl (C=O) groups excluding carboxylic acids is 2. The molecule has 0 aliphatic carbocycles. The number of anilines is 1. The van der Waals surface area contributed by atoms with Gasteiger partial charge in [0.2, 0.25) is 0 Å². The quantitative estimate of drug-likeness (QED) is 0.531. The molecule has 2 rings (SSSR count). The number of benzene rings is 2. The maximum atomic E-state index is 12.1. The molecule has 0 radical (unpaired) electrons. The van der Waals surface area contributed by atoms with Crippen molar-refractivity contribution in [1.29, 1.82) is 0 Å². The standard InChI is InChI=1S/C15H12N2O4/c1-10-5-6-12(8-14(10)17(20)21)15(19)16-13-4-2-3-11(7-13)9-18/h2-9H,1H3,(H,16,19). The number of nitro benzene ring substituents is 1. The van der Waals surface area contributed by atoms with Crippen LogP contribution >= 0.6 is 0 Å². The van der Waals surface area contributed by atoms with Crippen LogP contribution in [0.25, 0.3) is 0 Å². The number of aldehydes is 1. The highest BCUT2D eigenvalue weighted by Crippen LogP contribution is 2.20. The second-order valence-electron chi connectivity index (χ2n) is 4.46.